The molecule has 0 atom stereocenters. The number of nitrogens with two attached hydrogens (primary N) is 1. The van der Waals surface area contributed by atoms with Crippen LogP contribution in [0.15, 0.2) is 35.5 Å². The predicted molar refractivity (Wildman–Crippen MR) is 72.9 cm³/mol. The number of aryl methyl sites for hydroxylation is 1. The fourth-order valence-electron chi connectivity index (χ4n) is 1.74. The molecule has 0 aliphatic heterocycles. The summed E-state index contributed by atoms with van der Waals surface area (Å²) >= 11 is 0. The van der Waals surface area contributed by atoms with Crippen molar-refractivity contribution < 1.29 is 12.8 Å². The Morgan fingerprint density at radius 2 is 2.20 bits per heavy atom. The van der Waals surface area contributed by atoms with Crippen molar-refractivity contribution in [3.63, 3.8) is 0 Å². The van der Waals surface area contributed by atoms with Crippen LogP contribution < -0.4 is 10.5 Å². The van der Waals surface area contributed by atoms with Gasteiger partial charge in [0.2, 0.25) is 10.0 Å². The van der Waals surface area contributed by atoms with Crippen molar-refractivity contribution in [2.24, 2.45) is 0 Å². The van der Waals surface area contributed by atoms with Crippen molar-refractivity contribution in [3.8, 4) is 0 Å². The lowest BCUT2D eigenvalue weighted by Crippen LogP contribution is -2.26. The molecule has 4 N–H and O–H groups in total. The summed E-state index contributed by atoms with van der Waals surface area (Å²) in [5.41, 5.74) is 5.41. The lowest BCUT2D eigenvalue weighted by molar-refractivity contribution is 0.578. The highest BCUT2D eigenvalue weighted by Gasteiger charge is 2.17. The van der Waals surface area contributed by atoms with Gasteiger partial charge in [0.15, 0.2) is 0 Å². The van der Waals surface area contributed by atoms with Crippen molar-refractivity contribution in [3.05, 3.63) is 42.2 Å². The van der Waals surface area contributed by atoms with E-state index in [1.54, 1.807) is 12.4 Å². The van der Waals surface area contributed by atoms with E-state index in [0.29, 0.717) is 12.8 Å². The van der Waals surface area contributed by atoms with Gasteiger partial charge in [-0.15, -0.1) is 0 Å². The lowest BCUT2D eigenvalue weighted by atomic mass is 10.3. The molecule has 0 unspecified atom stereocenters. The summed E-state index contributed by atoms with van der Waals surface area (Å²) in [5, 5.41) is 0. The number of H-pyrrole nitrogens is 1. The second-order valence-corrected chi connectivity index (χ2v) is 5.95. The Balaban J connectivity index is 1.93. The summed E-state index contributed by atoms with van der Waals surface area (Å²) in [5.74, 6) is 0.227. The van der Waals surface area contributed by atoms with Crippen LogP contribution in [0, 0.1) is 5.82 Å². The predicted octanol–water partition coefficient (Wildman–Crippen LogP) is 1.04. The fraction of sp³-hybridized carbons (Fsp3) is 0.250. The first kappa shape index (κ1) is 14.5. The smallest absolute Gasteiger partial charge is 0.242 e. The number of sulfonamides is 1. The number of imidazole rings is 1. The molecule has 0 radical (unpaired) electrons. The summed E-state index contributed by atoms with van der Waals surface area (Å²) in [7, 11) is -3.72. The molecule has 8 heteroatoms. The number of nitrogens with one attached hydrogen (secondary N) is 2. The number of anilines is 1. The van der Waals surface area contributed by atoms with E-state index in [2.05, 4.69) is 14.7 Å². The maximum atomic E-state index is 12.9. The van der Waals surface area contributed by atoms with E-state index in [0.717, 1.165) is 24.0 Å². The Morgan fingerprint density at radius 3 is 2.85 bits per heavy atom. The van der Waals surface area contributed by atoms with Crippen LogP contribution in [-0.2, 0) is 16.4 Å². The van der Waals surface area contributed by atoms with Crippen LogP contribution >= 0.6 is 0 Å². The van der Waals surface area contributed by atoms with E-state index in [1.165, 1.54) is 0 Å². The van der Waals surface area contributed by atoms with Crippen LogP contribution in [-0.4, -0.2) is 24.9 Å². The number of rotatable bonds is 6. The molecule has 2 rings (SSSR count). The van der Waals surface area contributed by atoms with Crippen LogP contribution in [0.1, 0.15) is 12.2 Å². The van der Waals surface area contributed by atoms with Gasteiger partial charge in [-0.1, -0.05) is 0 Å². The molecule has 0 fully saturated rings. The molecule has 20 heavy (non-hydrogen) atoms. The fourth-order valence-corrected chi connectivity index (χ4v) is 2.92. The molecule has 0 aliphatic rings. The number of nitrogen functional groups attached to an aromatic ring is 1. The Labute approximate surface area is 116 Å². The van der Waals surface area contributed by atoms with Gasteiger partial charge in [0, 0.05) is 25.4 Å². The summed E-state index contributed by atoms with van der Waals surface area (Å²) in [6, 6.07) is 3.20. The average molecular weight is 298 g/mol. The van der Waals surface area contributed by atoms with Crippen LogP contribution in [0.2, 0.25) is 0 Å². The molecule has 2 aromatic rings. The minimum atomic E-state index is -3.72. The van der Waals surface area contributed by atoms with Gasteiger partial charge in [0.1, 0.15) is 16.5 Å². The highest BCUT2D eigenvalue weighted by molar-refractivity contribution is 7.89. The standard InChI is InChI=1S/C12H15FN4O2S/c13-9-3-4-11(10(14)8-9)20(18,19)17-5-1-2-12-15-6-7-16-12/h3-4,6-8,17H,1-2,5,14H2,(H,15,16). The molecule has 1 heterocycles. The Kier molecular flexibility index (Phi) is 4.35. The van der Waals surface area contributed by atoms with Crippen molar-refractivity contribution >= 4 is 15.7 Å². The van der Waals surface area contributed by atoms with Gasteiger partial charge in [0.25, 0.3) is 0 Å². The second kappa shape index (κ2) is 6.02. The largest absolute Gasteiger partial charge is 0.398 e. The van der Waals surface area contributed by atoms with Gasteiger partial charge in [-0.2, -0.15) is 0 Å². The van der Waals surface area contributed by atoms with E-state index in [4.69, 9.17) is 5.73 Å². The normalized spacial score (nSPS) is 11.7. The zero-order chi connectivity index (χ0) is 14.6. The lowest BCUT2D eigenvalue weighted by Gasteiger charge is -2.08. The average Bonchev–Trinajstić information content (AvgIpc) is 2.87. The summed E-state index contributed by atoms with van der Waals surface area (Å²) in [6.07, 6.45) is 4.57. The molecule has 1 aromatic heterocycles. The van der Waals surface area contributed by atoms with E-state index in [9.17, 15) is 12.8 Å². The van der Waals surface area contributed by atoms with Gasteiger partial charge < -0.3 is 10.7 Å². The number of nitrogens with zero attached hydrogens (tertiary/aromatic N) is 1. The molecular weight excluding hydrogens is 283 g/mol. The minimum Gasteiger partial charge on any atom is -0.398 e. The molecule has 6 nitrogen and oxygen atoms in total. The van der Waals surface area contributed by atoms with Gasteiger partial charge in [-0.3, -0.25) is 0 Å². The Bertz CT molecular complexity index is 671. The maximum Gasteiger partial charge on any atom is 0.242 e. The van der Waals surface area contributed by atoms with Gasteiger partial charge >= 0.3 is 0 Å². The van der Waals surface area contributed by atoms with Crippen LogP contribution in [0.25, 0.3) is 0 Å². The molecule has 0 amide bonds. The molecule has 108 valence electrons. The number of benzene rings is 1. The third kappa shape index (κ3) is 3.55. The highest BCUT2D eigenvalue weighted by atomic mass is 32.2. The minimum absolute atomic E-state index is 0.108. The molecular formula is C12H15FN4O2S. The molecule has 0 saturated heterocycles. The number of hydrogen-bond donors (Lipinski definition) is 3. The third-order valence-electron chi connectivity index (χ3n) is 2.70. The monoisotopic (exact) mass is 298 g/mol. The Morgan fingerprint density at radius 1 is 1.40 bits per heavy atom. The second-order valence-electron chi connectivity index (χ2n) is 4.22. The first-order valence-electron chi connectivity index (χ1n) is 6.02. The summed E-state index contributed by atoms with van der Waals surface area (Å²) in [6.45, 7) is 0.250. The first-order chi connectivity index (χ1) is 9.49. The van der Waals surface area contributed by atoms with Crippen LogP contribution in [0.5, 0.6) is 0 Å². The van der Waals surface area contributed by atoms with Crippen LogP contribution in [0.3, 0.4) is 0 Å². The number of halogens is 1. The van der Waals surface area contributed by atoms with Crippen LogP contribution in [0.4, 0.5) is 10.1 Å². The number of hydrogen-bond acceptors (Lipinski definition) is 4. The van der Waals surface area contributed by atoms with E-state index in [1.807, 2.05) is 0 Å². The zero-order valence-corrected chi connectivity index (χ0v) is 11.5. The summed E-state index contributed by atoms with van der Waals surface area (Å²) < 4.78 is 39.3. The van der Waals surface area contributed by atoms with Crippen molar-refractivity contribution in [2.75, 3.05) is 12.3 Å². The SMILES string of the molecule is Nc1cc(F)ccc1S(=O)(=O)NCCCc1ncc[nH]1. The van der Waals surface area contributed by atoms with Crippen molar-refractivity contribution in [1.82, 2.24) is 14.7 Å². The van der Waals surface area contributed by atoms with Gasteiger partial charge in [-0.05, 0) is 24.6 Å². The molecule has 0 spiro atoms. The van der Waals surface area contributed by atoms with Gasteiger partial charge in [-0.25, -0.2) is 22.5 Å². The topological polar surface area (TPSA) is 101 Å². The zero-order valence-electron chi connectivity index (χ0n) is 10.6. The van der Waals surface area contributed by atoms with Crippen molar-refractivity contribution in [2.45, 2.75) is 17.7 Å². The quantitative estimate of drug-likeness (QED) is 0.548. The molecule has 1 aromatic carbocycles. The first-order valence-corrected chi connectivity index (χ1v) is 7.50. The molecule has 0 bridgehead atoms. The maximum absolute atomic E-state index is 12.9. The number of aromatic amines is 1. The summed E-state index contributed by atoms with van der Waals surface area (Å²) in [4.78, 5) is 6.86. The Hall–Kier alpha value is -1.93. The molecule has 0 saturated carbocycles. The van der Waals surface area contributed by atoms with Crippen molar-refractivity contribution in [1.29, 1.82) is 0 Å². The van der Waals surface area contributed by atoms with Gasteiger partial charge in [0.05, 0.1) is 5.69 Å². The third-order valence-corrected chi connectivity index (χ3v) is 4.23. The van der Waals surface area contributed by atoms with E-state index in [-0.39, 0.29) is 17.1 Å². The highest BCUT2D eigenvalue weighted by Crippen LogP contribution is 2.18. The van der Waals surface area contributed by atoms with E-state index >= 15 is 0 Å². The molecule has 0 aliphatic carbocycles. The van der Waals surface area contributed by atoms with E-state index < -0.39 is 15.8 Å². The number of aromatic nitrogens is 2.